The van der Waals surface area contributed by atoms with Crippen molar-refractivity contribution in [3.8, 4) is 11.5 Å². The molecule has 1 aliphatic rings. The average Bonchev–Trinajstić information content (AvgIpc) is 3.24. The third-order valence-corrected chi connectivity index (χ3v) is 7.05. The molecule has 0 unspecified atom stereocenters. The summed E-state index contributed by atoms with van der Waals surface area (Å²) in [6.07, 6.45) is 1.87. The number of benzene rings is 4. The van der Waals surface area contributed by atoms with Gasteiger partial charge in [0.1, 0.15) is 6.61 Å². The van der Waals surface area contributed by atoms with Crippen molar-refractivity contribution in [1.82, 2.24) is 0 Å². The Bertz CT molecular complexity index is 1490. The van der Waals surface area contributed by atoms with Crippen molar-refractivity contribution in [2.75, 3.05) is 12.0 Å². The zero-order valence-electron chi connectivity index (χ0n) is 21.5. The van der Waals surface area contributed by atoms with Gasteiger partial charge < -0.3 is 9.47 Å². The third kappa shape index (κ3) is 5.82. The summed E-state index contributed by atoms with van der Waals surface area (Å²) in [7, 11) is 1.61. The minimum Gasteiger partial charge on any atom is -0.493 e. The van der Waals surface area contributed by atoms with Gasteiger partial charge >= 0.3 is 0 Å². The smallest absolute Gasteiger partial charge is 0.271 e. The van der Waals surface area contributed by atoms with Gasteiger partial charge in [0.05, 0.1) is 23.4 Å². The highest BCUT2D eigenvalue weighted by atomic mass is 32.2. The lowest BCUT2D eigenvalue weighted by Gasteiger charge is -2.16. The molecule has 4 aromatic rings. The Labute approximate surface area is 227 Å². The van der Waals surface area contributed by atoms with Crippen LogP contribution in [0.5, 0.6) is 11.5 Å². The Balaban J connectivity index is 1.44. The summed E-state index contributed by atoms with van der Waals surface area (Å²) < 4.78 is 11.6. The van der Waals surface area contributed by atoms with Crippen LogP contribution in [0.25, 0.3) is 6.08 Å². The van der Waals surface area contributed by atoms with Crippen LogP contribution in [0, 0.1) is 13.8 Å². The molecule has 1 amide bonds. The Morgan fingerprint density at radius 3 is 2.21 bits per heavy atom. The van der Waals surface area contributed by atoms with E-state index in [1.807, 2.05) is 117 Å². The summed E-state index contributed by atoms with van der Waals surface area (Å²) in [6, 6.07) is 31.5. The Morgan fingerprint density at radius 1 is 0.842 bits per heavy atom. The SMILES string of the molecule is COc1cc(/C=C2\SC(=Nc3ccc(C)cc3)N(c3ccc(C)cc3)C2=O)ccc1OCc1ccccc1. The van der Waals surface area contributed by atoms with Crippen LogP contribution >= 0.6 is 11.8 Å². The maximum Gasteiger partial charge on any atom is 0.271 e. The molecule has 0 bridgehead atoms. The van der Waals surface area contributed by atoms with Crippen molar-refractivity contribution in [2.24, 2.45) is 4.99 Å². The molecular formula is C32H28N2O3S. The van der Waals surface area contributed by atoms with Gasteiger partial charge in [-0.25, -0.2) is 4.99 Å². The van der Waals surface area contributed by atoms with E-state index in [1.165, 1.54) is 11.8 Å². The van der Waals surface area contributed by atoms with Crippen LogP contribution in [0.1, 0.15) is 22.3 Å². The average molecular weight is 521 g/mol. The number of amidine groups is 1. The highest BCUT2D eigenvalue weighted by molar-refractivity contribution is 8.19. The van der Waals surface area contributed by atoms with Gasteiger partial charge in [0.15, 0.2) is 16.7 Å². The molecule has 38 heavy (non-hydrogen) atoms. The Morgan fingerprint density at radius 2 is 1.53 bits per heavy atom. The molecule has 0 spiro atoms. The van der Waals surface area contributed by atoms with Crippen molar-refractivity contribution >= 4 is 40.3 Å². The summed E-state index contributed by atoms with van der Waals surface area (Å²) in [5.41, 5.74) is 5.78. The molecule has 0 radical (unpaired) electrons. The predicted molar refractivity (Wildman–Crippen MR) is 156 cm³/mol. The standard InChI is InChI=1S/C32H28N2O3S/c1-22-9-14-26(15-10-22)33-32-34(27-16-11-23(2)12-17-27)31(35)30(38-32)20-25-13-18-28(29(19-25)36-3)37-21-24-7-5-4-6-8-24/h4-20H,21H2,1-3H3/b30-20-,33-32?. The van der Waals surface area contributed by atoms with Gasteiger partial charge in [-0.1, -0.05) is 71.8 Å². The van der Waals surface area contributed by atoms with Crippen molar-refractivity contribution in [3.05, 3.63) is 124 Å². The van der Waals surface area contributed by atoms with Gasteiger partial charge in [-0.15, -0.1) is 0 Å². The molecule has 4 aromatic carbocycles. The number of thioether (sulfide) groups is 1. The maximum atomic E-state index is 13.6. The molecule has 0 saturated carbocycles. The van der Waals surface area contributed by atoms with Crippen LogP contribution in [-0.4, -0.2) is 18.2 Å². The van der Waals surface area contributed by atoms with E-state index in [0.29, 0.717) is 28.2 Å². The summed E-state index contributed by atoms with van der Waals surface area (Å²) in [4.78, 5) is 20.7. The second-order valence-electron chi connectivity index (χ2n) is 9.00. The first-order valence-electron chi connectivity index (χ1n) is 12.3. The molecule has 5 rings (SSSR count). The lowest BCUT2D eigenvalue weighted by Crippen LogP contribution is -2.28. The number of carbonyl (C=O) groups is 1. The second-order valence-corrected chi connectivity index (χ2v) is 10.0. The van der Waals surface area contributed by atoms with Crippen molar-refractivity contribution < 1.29 is 14.3 Å². The molecule has 5 nitrogen and oxygen atoms in total. The lowest BCUT2D eigenvalue weighted by atomic mass is 10.1. The first-order valence-corrected chi connectivity index (χ1v) is 13.1. The minimum atomic E-state index is -0.118. The molecule has 1 saturated heterocycles. The van der Waals surface area contributed by atoms with Gasteiger partial charge in [0.2, 0.25) is 0 Å². The Hall–Kier alpha value is -4.29. The summed E-state index contributed by atoms with van der Waals surface area (Å²) in [5, 5.41) is 0.615. The molecule has 0 aliphatic carbocycles. The van der Waals surface area contributed by atoms with Crippen molar-refractivity contribution in [1.29, 1.82) is 0 Å². The number of ether oxygens (including phenoxy) is 2. The van der Waals surface area contributed by atoms with E-state index < -0.39 is 0 Å². The number of nitrogens with zero attached hydrogens (tertiary/aromatic N) is 2. The molecule has 0 N–H and O–H groups in total. The number of hydrogen-bond donors (Lipinski definition) is 0. The summed E-state index contributed by atoms with van der Waals surface area (Å²) in [6.45, 7) is 4.50. The first kappa shape index (κ1) is 25.4. The molecule has 1 aliphatic heterocycles. The zero-order valence-corrected chi connectivity index (χ0v) is 22.4. The molecule has 0 atom stereocenters. The highest BCUT2D eigenvalue weighted by Gasteiger charge is 2.34. The predicted octanol–water partition coefficient (Wildman–Crippen LogP) is 7.70. The van der Waals surface area contributed by atoms with Crippen LogP contribution in [0.4, 0.5) is 11.4 Å². The summed E-state index contributed by atoms with van der Waals surface area (Å²) >= 11 is 1.36. The number of amides is 1. The van der Waals surface area contributed by atoms with E-state index in [9.17, 15) is 4.79 Å². The van der Waals surface area contributed by atoms with Gasteiger partial charge in [0.25, 0.3) is 5.91 Å². The fourth-order valence-electron chi connectivity index (χ4n) is 3.98. The van der Waals surface area contributed by atoms with Gasteiger partial charge in [-0.05, 0) is 79.2 Å². The van der Waals surface area contributed by atoms with Crippen LogP contribution in [0.15, 0.2) is 107 Å². The molecule has 1 fully saturated rings. The number of carbonyl (C=O) groups excluding carboxylic acids is 1. The lowest BCUT2D eigenvalue weighted by molar-refractivity contribution is -0.113. The van der Waals surface area contributed by atoms with Crippen LogP contribution < -0.4 is 14.4 Å². The third-order valence-electron chi connectivity index (χ3n) is 6.08. The molecule has 1 heterocycles. The van der Waals surface area contributed by atoms with E-state index >= 15 is 0 Å². The van der Waals surface area contributed by atoms with Gasteiger partial charge in [0, 0.05) is 0 Å². The minimum absolute atomic E-state index is 0.118. The van der Waals surface area contributed by atoms with Crippen molar-refractivity contribution in [3.63, 3.8) is 0 Å². The number of anilines is 1. The van der Waals surface area contributed by atoms with Crippen LogP contribution in [0.2, 0.25) is 0 Å². The number of methoxy groups -OCH3 is 1. The van der Waals surface area contributed by atoms with Gasteiger partial charge in [-0.2, -0.15) is 0 Å². The van der Waals surface area contributed by atoms with Gasteiger partial charge in [-0.3, -0.25) is 9.69 Å². The number of rotatable bonds is 7. The normalized spacial score (nSPS) is 15.3. The molecule has 6 heteroatoms. The molecule has 0 aromatic heterocycles. The summed E-state index contributed by atoms with van der Waals surface area (Å²) in [5.74, 6) is 1.13. The van der Waals surface area contributed by atoms with E-state index in [-0.39, 0.29) is 5.91 Å². The van der Waals surface area contributed by atoms with E-state index in [4.69, 9.17) is 14.5 Å². The fourth-order valence-corrected chi connectivity index (χ4v) is 4.98. The van der Waals surface area contributed by atoms with Crippen LogP contribution in [-0.2, 0) is 11.4 Å². The van der Waals surface area contributed by atoms with Crippen LogP contribution in [0.3, 0.4) is 0 Å². The van der Waals surface area contributed by atoms with E-state index in [0.717, 1.165) is 33.6 Å². The maximum absolute atomic E-state index is 13.6. The monoisotopic (exact) mass is 520 g/mol. The number of aryl methyl sites for hydroxylation is 2. The zero-order chi connectivity index (χ0) is 26.5. The number of aliphatic imine (C=N–C) groups is 1. The topological polar surface area (TPSA) is 51.1 Å². The van der Waals surface area contributed by atoms with Crippen molar-refractivity contribution in [2.45, 2.75) is 20.5 Å². The fraction of sp³-hybridized carbons (Fsp3) is 0.125. The largest absolute Gasteiger partial charge is 0.493 e. The Kier molecular flexibility index (Phi) is 7.61. The van der Waals surface area contributed by atoms with E-state index in [2.05, 4.69) is 0 Å². The quantitative estimate of drug-likeness (QED) is 0.234. The highest BCUT2D eigenvalue weighted by Crippen LogP contribution is 2.38. The van der Waals surface area contributed by atoms with E-state index in [1.54, 1.807) is 12.0 Å². The molecule has 190 valence electrons. The number of hydrogen-bond acceptors (Lipinski definition) is 5. The molecular weight excluding hydrogens is 492 g/mol. The first-order chi connectivity index (χ1) is 18.5. The second kappa shape index (κ2) is 11.4.